The van der Waals surface area contributed by atoms with E-state index in [9.17, 15) is 0 Å². The third-order valence-corrected chi connectivity index (χ3v) is 1.24. The molecule has 0 aliphatic rings. The van der Waals surface area contributed by atoms with E-state index in [1.54, 1.807) is 0 Å². The van der Waals surface area contributed by atoms with Gasteiger partial charge in [0.25, 0.3) is 0 Å². The second-order valence-corrected chi connectivity index (χ2v) is 1.80. The molecule has 5 heteroatoms. The summed E-state index contributed by atoms with van der Waals surface area (Å²) in [5.74, 6) is 0. The fraction of sp³-hybridized carbons (Fsp3) is 0.667. The van der Waals surface area contributed by atoms with Crippen LogP contribution in [0.3, 0.4) is 0 Å². The van der Waals surface area contributed by atoms with Gasteiger partial charge in [-0.05, 0) is 12.8 Å². The summed E-state index contributed by atoms with van der Waals surface area (Å²) < 4.78 is 0. The van der Waals surface area contributed by atoms with E-state index in [-0.39, 0.29) is 16.5 Å². The molecule has 0 heterocycles. The molecule has 0 bridgehead atoms. The first kappa shape index (κ1) is 13.1. The molecule has 68 valence electrons. The Hall–Kier alpha value is -0.566. The maximum absolute atomic E-state index is 8.35. The molecule has 0 rings (SSSR count). The van der Waals surface area contributed by atoms with E-state index >= 15 is 0 Å². The van der Waals surface area contributed by atoms with Gasteiger partial charge in [0.2, 0.25) is 0 Å². The van der Waals surface area contributed by atoms with Crippen molar-refractivity contribution >= 4 is 11.4 Å². The Morgan fingerprint density at radius 1 is 1.00 bits per heavy atom. The SMILES string of the molecule is CCC(=NO)C(CC)=NO.[Ni]. The Labute approximate surface area is 75.9 Å². The first-order valence-electron chi connectivity index (χ1n) is 3.22. The quantitative estimate of drug-likeness (QED) is 0.315. The number of oxime groups is 2. The molecule has 0 radical (unpaired) electrons. The molecule has 0 aliphatic heterocycles. The first-order chi connectivity index (χ1) is 4.79. The molecule has 0 aromatic carbocycles. The van der Waals surface area contributed by atoms with Crippen LogP contribution in [0.15, 0.2) is 10.3 Å². The summed E-state index contributed by atoms with van der Waals surface area (Å²) in [6.45, 7) is 3.66. The van der Waals surface area contributed by atoms with Crippen LogP contribution in [0.5, 0.6) is 0 Å². The second-order valence-electron chi connectivity index (χ2n) is 1.80. The van der Waals surface area contributed by atoms with Gasteiger partial charge in [0.15, 0.2) is 0 Å². The molecule has 0 fully saturated rings. The molecule has 0 amide bonds. The summed E-state index contributed by atoms with van der Waals surface area (Å²) in [6.07, 6.45) is 1.15. The second kappa shape index (κ2) is 7.54. The normalized spacial score (nSPS) is 12.5. The summed E-state index contributed by atoms with van der Waals surface area (Å²) in [5.41, 5.74) is 0.870. The van der Waals surface area contributed by atoms with E-state index in [1.165, 1.54) is 0 Å². The largest absolute Gasteiger partial charge is 0.411 e. The van der Waals surface area contributed by atoms with E-state index in [0.29, 0.717) is 24.3 Å². The van der Waals surface area contributed by atoms with Crippen molar-refractivity contribution < 1.29 is 26.9 Å². The van der Waals surface area contributed by atoms with Gasteiger partial charge in [0.05, 0.1) is 0 Å². The van der Waals surface area contributed by atoms with Crippen LogP contribution in [0.2, 0.25) is 0 Å². The van der Waals surface area contributed by atoms with E-state index in [4.69, 9.17) is 10.4 Å². The van der Waals surface area contributed by atoms with Gasteiger partial charge in [-0.15, -0.1) is 0 Å². The van der Waals surface area contributed by atoms with E-state index in [2.05, 4.69) is 10.3 Å². The molecule has 0 atom stereocenters. The Morgan fingerprint density at radius 3 is 1.36 bits per heavy atom. The van der Waals surface area contributed by atoms with Crippen molar-refractivity contribution in [3.8, 4) is 0 Å². The van der Waals surface area contributed by atoms with Gasteiger partial charge in [0, 0.05) is 16.5 Å². The predicted molar refractivity (Wildman–Crippen MR) is 39.0 cm³/mol. The molecule has 4 nitrogen and oxygen atoms in total. The summed E-state index contributed by atoms with van der Waals surface area (Å²) in [6, 6.07) is 0. The Bertz CT molecular complexity index is 139. The standard InChI is InChI=1S/C6H12N2O2.Ni/c1-3-5(7-9)6(4-2)8-10;/h9-10H,3-4H2,1-2H3;. The zero-order chi connectivity index (χ0) is 7.98. The summed E-state index contributed by atoms with van der Waals surface area (Å²) >= 11 is 0. The van der Waals surface area contributed by atoms with Crippen LogP contribution in [0, 0.1) is 0 Å². The molecule has 11 heavy (non-hydrogen) atoms. The molecular weight excluding hydrogens is 191 g/mol. The monoisotopic (exact) mass is 202 g/mol. The first-order valence-corrected chi connectivity index (χ1v) is 3.22. The molecule has 0 saturated carbocycles. The van der Waals surface area contributed by atoms with Crippen LogP contribution in [0.1, 0.15) is 26.7 Å². The van der Waals surface area contributed by atoms with Gasteiger partial charge < -0.3 is 10.4 Å². The van der Waals surface area contributed by atoms with Gasteiger partial charge in [-0.2, -0.15) is 0 Å². The van der Waals surface area contributed by atoms with Crippen LogP contribution in [0.25, 0.3) is 0 Å². The predicted octanol–water partition coefficient (Wildman–Crippen LogP) is 1.46. The summed E-state index contributed by atoms with van der Waals surface area (Å²) in [5, 5.41) is 22.7. The third kappa shape index (κ3) is 3.99. The molecule has 0 unspecified atom stereocenters. The Morgan fingerprint density at radius 2 is 1.27 bits per heavy atom. The number of rotatable bonds is 3. The zero-order valence-electron chi connectivity index (χ0n) is 6.52. The van der Waals surface area contributed by atoms with Crippen LogP contribution in [-0.2, 0) is 16.5 Å². The zero-order valence-corrected chi connectivity index (χ0v) is 7.51. The van der Waals surface area contributed by atoms with Crippen LogP contribution in [-0.4, -0.2) is 21.8 Å². The van der Waals surface area contributed by atoms with E-state index in [0.717, 1.165) is 0 Å². The van der Waals surface area contributed by atoms with Gasteiger partial charge in [-0.3, -0.25) is 0 Å². The molecular formula is C6H12N2NiO2. The minimum Gasteiger partial charge on any atom is -0.411 e. The van der Waals surface area contributed by atoms with Crippen molar-refractivity contribution in [2.45, 2.75) is 26.7 Å². The van der Waals surface area contributed by atoms with Crippen LogP contribution in [0.4, 0.5) is 0 Å². The Kier molecular flexibility index (Phi) is 8.95. The van der Waals surface area contributed by atoms with Crippen molar-refractivity contribution in [2.24, 2.45) is 10.3 Å². The molecule has 0 saturated heterocycles. The van der Waals surface area contributed by atoms with Gasteiger partial charge in [-0.1, -0.05) is 24.2 Å². The van der Waals surface area contributed by atoms with Crippen molar-refractivity contribution in [1.82, 2.24) is 0 Å². The molecule has 0 aliphatic carbocycles. The Balaban J connectivity index is 0. The van der Waals surface area contributed by atoms with Crippen molar-refractivity contribution in [3.63, 3.8) is 0 Å². The van der Waals surface area contributed by atoms with E-state index in [1.807, 2.05) is 13.8 Å². The average molecular weight is 203 g/mol. The van der Waals surface area contributed by atoms with Gasteiger partial charge in [0.1, 0.15) is 11.4 Å². The molecule has 0 spiro atoms. The van der Waals surface area contributed by atoms with Gasteiger partial charge >= 0.3 is 0 Å². The molecule has 0 aromatic heterocycles. The van der Waals surface area contributed by atoms with Crippen molar-refractivity contribution in [1.29, 1.82) is 0 Å². The number of nitrogens with zero attached hydrogens (tertiary/aromatic N) is 2. The van der Waals surface area contributed by atoms with Gasteiger partial charge in [-0.25, -0.2) is 0 Å². The smallest absolute Gasteiger partial charge is 0.104 e. The summed E-state index contributed by atoms with van der Waals surface area (Å²) in [7, 11) is 0. The molecule has 0 aromatic rings. The van der Waals surface area contributed by atoms with Crippen molar-refractivity contribution in [3.05, 3.63) is 0 Å². The minimum atomic E-state index is 0. The number of hydrogen-bond acceptors (Lipinski definition) is 4. The topological polar surface area (TPSA) is 65.2 Å². The average Bonchev–Trinajstić information content (AvgIpc) is 2.00. The maximum Gasteiger partial charge on any atom is 0.104 e. The summed E-state index contributed by atoms with van der Waals surface area (Å²) in [4.78, 5) is 0. The fourth-order valence-electron chi connectivity index (χ4n) is 0.665. The molecule has 2 N–H and O–H groups in total. The minimum absolute atomic E-state index is 0. The van der Waals surface area contributed by atoms with E-state index < -0.39 is 0 Å². The fourth-order valence-corrected chi connectivity index (χ4v) is 0.665. The third-order valence-electron chi connectivity index (χ3n) is 1.24. The number of hydrogen-bond donors (Lipinski definition) is 2. The van der Waals surface area contributed by atoms with Crippen LogP contribution < -0.4 is 0 Å². The maximum atomic E-state index is 8.35. The van der Waals surface area contributed by atoms with Crippen molar-refractivity contribution in [2.75, 3.05) is 0 Å². The van der Waals surface area contributed by atoms with Crippen LogP contribution >= 0.6 is 0 Å².